The fourth-order valence-electron chi connectivity index (χ4n) is 2.24. The summed E-state index contributed by atoms with van der Waals surface area (Å²) in [6.07, 6.45) is 2.10. The van der Waals surface area contributed by atoms with E-state index in [1.54, 1.807) is 0 Å². The molecule has 5 heteroatoms. The standard InChI is InChI=1S/C13H15ClFNO2/c14-9-2-4-11(12(15)6-9)13(18)16-7-8-1-3-10(17)5-8/h2,4,6,8,10,17H,1,3,5,7H2,(H,16,18). The predicted octanol–water partition coefficient (Wildman–Crippen LogP) is 2.37. The summed E-state index contributed by atoms with van der Waals surface area (Å²) in [5.41, 5.74) is -0.00190. The van der Waals surface area contributed by atoms with Gasteiger partial charge in [-0.15, -0.1) is 0 Å². The molecule has 1 aliphatic rings. The van der Waals surface area contributed by atoms with Gasteiger partial charge in [-0.1, -0.05) is 11.6 Å². The van der Waals surface area contributed by atoms with Gasteiger partial charge in [-0.05, 0) is 43.4 Å². The van der Waals surface area contributed by atoms with Crippen LogP contribution < -0.4 is 5.32 Å². The Hall–Kier alpha value is -1.13. The van der Waals surface area contributed by atoms with Crippen molar-refractivity contribution in [1.82, 2.24) is 5.32 Å². The minimum absolute atomic E-state index is 0.00190. The molecule has 1 aromatic carbocycles. The number of aliphatic hydroxyl groups excluding tert-OH is 1. The van der Waals surface area contributed by atoms with Crippen molar-refractivity contribution < 1.29 is 14.3 Å². The molecule has 0 spiro atoms. The van der Waals surface area contributed by atoms with E-state index in [-0.39, 0.29) is 22.6 Å². The average molecular weight is 272 g/mol. The fraction of sp³-hybridized carbons (Fsp3) is 0.462. The second kappa shape index (κ2) is 5.67. The van der Waals surface area contributed by atoms with E-state index in [0.717, 1.165) is 18.9 Å². The van der Waals surface area contributed by atoms with E-state index >= 15 is 0 Å². The summed E-state index contributed by atoms with van der Waals surface area (Å²) in [6, 6.07) is 3.98. The molecule has 0 saturated heterocycles. The minimum atomic E-state index is -0.619. The number of carbonyl (C=O) groups is 1. The first-order valence-electron chi connectivity index (χ1n) is 5.97. The van der Waals surface area contributed by atoms with Crippen LogP contribution in [0.25, 0.3) is 0 Å². The van der Waals surface area contributed by atoms with Crippen LogP contribution in [0.1, 0.15) is 29.6 Å². The Kier molecular flexibility index (Phi) is 4.19. The predicted molar refractivity (Wildman–Crippen MR) is 67.1 cm³/mol. The van der Waals surface area contributed by atoms with Gasteiger partial charge in [0, 0.05) is 11.6 Å². The van der Waals surface area contributed by atoms with Gasteiger partial charge in [-0.3, -0.25) is 4.79 Å². The summed E-state index contributed by atoms with van der Waals surface area (Å²) in [6.45, 7) is 0.470. The summed E-state index contributed by atoms with van der Waals surface area (Å²) in [7, 11) is 0. The molecule has 0 radical (unpaired) electrons. The van der Waals surface area contributed by atoms with E-state index in [9.17, 15) is 14.3 Å². The third-order valence-corrected chi connectivity index (χ3v) is 3.48. The zero-order valence-electron chi connectivity index (χ0n) is 9.83. The summed E-state index contributed by atoms with van der Waals surface area (Å²) in [5, 5.41) is 12.3. The van der Waals surface area contributed by atoms with Crippen molar-refractivity contribution >= 4 is 17.5 Å². The number of nitrogens with one attached hydrogen (secondary N) is 1. The Morgan fingerprint density at radius 2 is 2.28 bits per heavy atom. The first-order valence-corrected chi connectivity index (χ1v) is 6.35. The highest BCUT2D eigenvalue weighted by atomic mass is 35.5. The number of carbonyl (C=O) groups excluding carboxylic acids is 1. The molecule has 0 aliphatic heterocycles. The van der Waals surface area contributed by atoms with Crippen LogP contribution >= 0.6 is 11.6 Å². The smallest absolute Gasteiger partial charge is 0.254 e. The van der Waals surface area contributed by atoms with Crippen molar-refractivity contribution in [2.24, 2.45) is 5.92 Å². The molecular weight excluding hydrogens is 257 g/mol. The number of benzene rings is 1. The summed E-state index contributed by atoms with van der Waals surface area (Å²) >= 11 is 5.62. The topological polar surface area (TPSA) is 49.3 Å². The number of hydrogen-bond donors (Lipinski definition) is 2. The van der Waals surface area contributed by atoms with Gasteiger partial charge in [0.25, 0.3) is 5.91 Å². The lowest BCUT2D eigenvalue weighted by molar-refractivity contribution is 0.0941. The van der Waals surface area contributed by atoms with Gasteiger partial charge >= 0.3 is 0 Å². The third kappa shape index (κ3) is 3.21. The lowest BCUT2D eigenvalue weighted by Crippen LogP contribution is -2.29. The normalized spacial score (nSPS) is 23.1. The number of hydrogen-bond acceptors (Lipinski definition) is 2. The van der Waals surface area contributed by atoms with Crippen LogP contribution in [0.5, 0.6) is 0 Å². The van der Waals surface area contributed by atoms with Crippen LogP contribution in [0.15, 0.2) is 18.2 Å². The van der Waals surface area contributed by atoms with E-state index in [2.05, 4.69) is 5.32 Å². The fourth-order valence-corrected chi connectivity index (χ4v) is 2.40. The quantitative estimate of drug-likeness (QED) is 0.887. The van der Waals surface area contributed by atoms with Gasteiger partial charge in [0.2, 0.25) is 0 Å². The molecule has 1 amide bonds. The van der Waals surface area contributed by atoms with Gasteiger partial charge in [-0.2, -0.15) is 0 Å². The maximum atomic E-state index is 13.5. The molecule has 18 heavy (non-hydrogen) atoms. The molecular formula is C13H15ClFNO2. The van der Waals surface area contributed by atoms with Crippen LogP contribution in [0.3, 0.4) is 0 Å². The van der Waals surface area contributed by atoms with Gasteiger partial charge in [0.05, 0.1) is 11.7 Å². The number of halogens is 2. The molecule has 2 unspecified atom stereocenters. The largest absolute Gasteiger partial charge is 0.393 e. The molecule has 1 fully saturated rings. The first kappa shape index (κ1) is 13.3. The van der Waals surface area contributed by atoms with E-state index in [1.165, 1.54) is 12.1 Å². The zero-order valence-corrected chi connectivity index (χ0v) is 10.6. The molecule has 0 aromatic heterocycles. The van der Waals surface area contributed by atoms with Gasteiger partial charge in [0.15, 0.2) is 0 Å². The first-order chi connectivity index (χ1) is 8.56. The molecule has 2 atom stereocenters. The summed E-state index contributed by atoms with van der Waals surface area (Å²) < 4.78 is 13.5. The van der Waals surface area contributed by atoms with Crippen LogP contribution in [0.4, 0.5) is 4.39 Å². The molecule has 1 aliphatic carbocycles. The second-order valence-electron chi connectivity index (χ2n) is 4.67. The molecule has 0 heterocycles. The molecule has 1 saturated carbocycles. The van der Waals surface area contributed by atoms with E-state index in [0.29, 0.717) is 13.0 Å². The van der Waals surface area contributed by atoms with Gasteiger partial charge < -0.3 is 10.4 Å². The molecule has 0 bridgehead atoms. The highest BCUT2D eigenvalue weighted by molar-refractivity contribution is 6.30. The average Bonchev–Trinajstić information content (AvgIpc) is 2.72. The summed E-state index contributed by atoms with van der Waals surface area (Å²) in [5.74, 6) is -0.781. The Bertz CT molecular complexity index is 453. The highest BCUT2D eigenvalue weighted by Gasteiger charge is 2.23. The zero-order chi connectivity index (χ0) is 13.1. The highest BCUT2D eigenvalue weighted by Crippen LogP contribution is 2.24. The van der Waals surface area contributed by atoms with Crippen molar-refractivity contribution in [2.45, 2.75) is 25.4 Å². The van der Waals surface area contributed by atoms with Gasteiger partial charge in [0.1, 0.15) is 5.82 Å². The maximum Gasteiger partial charge on any atom is 0.254 e. The molecule has 1 aromatic rings. The number of aliphatic hydroxyl groups is 1. The lowest BCUT2D eigenvalue weighted by atomic mass is 10.1. The Balaban J connectivity index is 1.91. The van der Waals surface area contributed by atoms with Gasteiger partial charge in [-0.25, -0.2) is 4.39 Å². The van der Waals surface area contributed by atoms with Crippen LogP contribution in [-0.2, 0) is 0 Å². The van der Waals surface area contributed by atoms with E-state index in [1.807, 2.05) is 0 Å². The molecule has 98 valence electrons. The Morgan fingerprint density at radius 3 is 2.89 bits per heavy atom. The maximum absolute atomic E-state index is 13.5. The number of amides is 1. The Morgan fingerprint density at radius 1 is 1.50 bits per heavy atom. The molecule has 2 N–H and O–H groups in total. The van der Waals surface area contributed by atoms with Crippen molar-refractivity contribution in [2.75, 3.05) is 6.54 Å². The van der Waals surface area contributed by atoms with Crippen molar-refractivity contribution in [3.63, 3.8) is 0 Å². The monoisotopic (exact) mass is 271 g/mol. The van der Waals surface area contributed by atoms with Crippen molar-refractivity contribution in [1.29, 1.82) is 0 Å². The van der Waals surface area contributed by atoms with E-state index < -0.39 is 11.7 Å². The molecule has 3 nitrogen and oxygen atoms in total. The summed E-state index contributed by atoms with van der Waals surface area (Å²) in [4.78, 5) is 11.8. The van der Waals surface area contributed by atoms with Crippen molar-refractivity contribution in [3.05, 3.63) is 34.6 Å². The van der Waals surface area contributed by atoms with Crippen molar-refractivity contribution in [3.8, 4) is 0 Å². The minimum Gasteiger partial charge on any atom is -0.393 e. The second-order valence-corrected chi connectivity index (χ2v) is 5.10. The van der Waals surface area contributed by atoms with Crippen LogP contribution in [0, 0.1) is 11.7 Å². The van der Waals surface area contributed by atoms with E-state index in [4.69, 9.17) is 11.6 Å². The Labute approximate surface area is 110 Å². The van der Waals surface area contributed by atoms with Crippen LogP contribution in [-0.4, -0.2) is 23.7 Å². The lowest BCUT2D eigenvalue weighted by Gasteiger charge is -2.11. The number of rotatable bonds is 3. The SMILES string of the molecule is O=C(NCC1CCC(O)C1)c1ccc(Cl)cc1F. The third-order valence-electron chi connectivity index (χ3n) is 3.24. The molecule has 2 rings (SSSR count). The van der Waals surface area contributed by atoms with Crippen LogP contribution in [0.2, 0.25) is 5.02 Å².